The molecule has 1 aliphatic rings. The highest BCUT2D eigenvalue weighted by molar-refractivity contribution is 5.85. The van der Waals surface area contributed by atoms with Gasteiger partial charge in [-0.15, -0.1) is 0 Å². The van der Waals surface area contributed by atoms with Crippen molar-refractivity contribution in [1.29, 1.82) is 0 Å². The first kappa shape index (κ1) is 14.5. The number of primary amides is 1. The van der Waals surface area contributed by atoms with E-state index in [9.17, 15) is 9.59 Å². The van der Waals surface area contributed by atoms with Gasteiger partial charge in [0.1, 0.15) is 5.60 Å². The van der Waals surface area contributed by atoms with Crippen LogP contribution in [0.2, 0.25) is 0 Å². The van der Waals surface area contributed by atoms with Gasteiger partial charge in [-0.2, -0.15) is 0 Å². The third kappa shape index (κ3) is 5.21. The van der Waals surface area contributed by atoms with Crippen LogP contribution in [0.1, 0.15) is 33.6 Å². The normalized spacial score (nSPS) is 18.1. The van der Waals surface area contributed by atoms with Crippen LogP contribution in [-0.2, 0) is 9.53 Å². The molecule has 0 spiro atoms. The lowest BCUT2D eigenvalue weighted by atomic mass is 9.96. The van der Waals surface area contributed by atoms with Crippen molar-refractivity contribution in [3.63, 3.8) is 0 Å². The van der Waals surface area contributed by atoms with Crippen molar-refractivity contribution in [2.24, 2.45) is 11.7 Å². The molecular formula is C13H22N2O3. The molecule has 5 nitrogen and oxygen atoms in total. The molecule has 18 heavy (non-hydrogen) atoms. The first-order valence-electron chi connectivity index (χ1n) is 6.23. The van der Waals surface area contributed by atoms with E-state index in [0.717, 1.165) is 12.8 Å². The number of ether oxygens (including phenoxy) is 1. The number of piperidine rings is 1. The molecule has 0 aliphatic carbocycles. The summed E-state index contributed by atoms with van der Waals surface area (Å²) in [5.74, 6) is -0.110. The van der Waals surface area contributed by atoms with Gasteiger partial charge in [-0.25, -0.2) is 4.79 Å². The number of rotatable bonds is 2. The number of nitrogens with two attached hydrogens (primary N) is 1. The summed E-state index contributed by atoms with van der Waals surface area (Å²) >= 11 is 0. The number of hydrogen-bond donors (Lipinski definition) is 1. The molecule has 0 unspecified atom stereocenters. The average Bonchev–Trinajstić information content (AvgIpc) is 2.24. The molecule has 0 saturated carbocycles. The second kappa shape index (κ2) is 5.89. The Balaban J connectivity index is 2.39. The summed E-state index contributed by atoms with van der Waals surface area (Å²) < 4.78 is 5.31. The van der Waals surface area contributed by atoms with E-state index < -0.39 is 11.5 Å². The van der Waals surface area contributed by atoms with Crippen molar-refractivity contribution in [1.82, 2.24) is 4.90 Å². The standard InChI is InChI=1S/C13H22N2O3/c1-13(2,3)18-12(17)15-8-6-10(7-9-15)4-5-11(14)16/h4-5,10H,6-9H2,1-3H3,(H2,14,16)/b5-4-. The Morgan fingerprint density at radius 3 is 2.28 bits per heavy atom. The van der Waals surface area contributed by atoms with Crippen molar-refractivity contribution in [3.8, 4) is 0 Å². The minimum atomic E-state index is -0.459. The zero-order chi connectivity index (χ0) is 13.8. The van der Waals surface area contributed by atoms with Gasteiger partial charge in [0.05, 0.1) is 0 Å². The van der Waals surface area contributed by atoms with Gasteiger partial charge in [-0.05, 0) is 45.6 Å². The van der Waals surface area contributed by atoms with Crippen molar-refractivity contribution >= 4 is 12.0 Å². The molecule has 1 rings (SSSR count). The van der Waals surface area contributed by atoms with Crippen LogP contribution < -0.4 is 5.73 Å². The lowest BCUT2D eigenvalue weighted by Gasteiger charge is -2.32. The summed E-state index contributed by atoms with van der Waals surface area (Å²) in [5, 5.41) is 0. The van der Waals surface area contributed by atoms with Gasteiger partial charge in [0.2, 0.25) is 5.91 Å². The van der Waals surface area contributed by atoms with Gasteiger partial charge in [0, 0.05) is 13.1 Å². The van der Waals surface area contributed by atoms with Gasteiger partial charge in [-0.1, -0.05) is 6.08 Å². The van der Waals surface area contributed by atoms with Gasteiger partial charge in [0.25, 0.3) is 0 Å². The summed E-state index contributed by atoms with van der Waals surface area (Å²) in [6.45, 7) is 6.87. The van der Waals surface area contributed by atoms with Crippen LogP contribution in [0, 0.1) is 5.92 Å². The summed E-state index contributed by atoms with van der Waals surface area (Å²) in [7, 11) is 0. The number of carbonyl (C=O) groups is 2. The molecule has 5 heteroatoms. The Labute approximate surface area is 108 Å². The maximum atomic E-state index is 11.8. The Morgan fingerprint density at radius 1 is 1.28 bits per heavy atom. The van der Waals surface area contributed by atoms with E-state index in [1.54, 1.807) is 4.90 Å². The summed E-state index contributed by atoms with van der Waals surface area (Å²) in [6.07, 6.45) is 4.63. The smallest absolute Gasteiger partial charge is 0.410 e. The van der Waals surface area contributed by atoms with Crippen molar-refractivity contribution in [3.05, 3.63) is 12.2 Å². The molecule has 2 amide bonds. The van der Waals surface area contributed by atoms with Crippen molar-refractivity contribution in [2.75, 3.05) is 13.1 Å². The highest BCUT2D eigenvalue weighted by atomic mass is 16.6. The van der Waals surface area contributed by atoms with Gasteiger partial charge >= 0.3 is 6.09 Å². The summed E-state index contributed by atoms with van der Waals surface area (Å²) in [5.41, 5.74) is 4.59. The zero-order valence-corrected chi connectivity index (χ0v) is 11.3. The minimum absolute atomic E-state index is 0.264. The third-order valence-electron chi connectivity index (χ3n) is 2.72. The number of amides is 2. The topological polar surface area (TPSA) is 72.6 Å². The SMILES string of the molecule is CC(C)(C)OC(=O)N1CCC(/C=C\C(N)=O)CC1. The lowest BCUT2D eigenvalue weighted by Crippen LogP contribution is -2.41. The summed E-state index contributed by atoms with van der Waals surface area (Å²) in [4.78, 5) is 24.1. The van der Waals surface area contributed by atoms with E-state index >= 15 is 0 Å². The molecule has 0 bridgehead atoms. The predicted octanol–water partition coefficient (Wildman–Crippen LogP) is 1.67. The number of likely N-dealkylation sites (tertiary alicyclic amines) is 1. The number of allylic oxidation sites excluding steroid dienone is 1. The fourth-order valence-corrected chi connectivity index (χ4v) is 1.83. The molecule has 1 fully saturated rings. The average molecular weight is 254 g/mol. The molecule has 0 aromatic carbocycles. The fraction of sp³-hybridized carbons (Fsp3) is 0.692. The van der Waals surface area contributed by atoms with E-state index in [1.807, 2.05) is 26.8 Å². The Morgan fingerprint density at radius 2 is 1.83 bits per heavy atom. The van der Waals surface area contributed by atoms with Crippen molar-refractivity contribution in [2.45, 2.75) is 39.2 Å². The number of nitrogens with zero attached hydrogens (tertiary/aromatic N) is 1. The third-order valence-corrected chi connectivity index (χ3v) is 2.72. The van der Waals surface area contributed by atoms with Crippen LogP contribution in [0.15, 0.2) is 12.2 Å². The van der Waals surface area contributed by atoms with Crippen LogP contribution in [0.4, 0.5) is 4.79 Å². The molecule has 102 valence electrons. The monoisotopic (exact) mass is 254 g/mol. The highest BCUT2D eigenvalue weighted by Crippen LogP contribution is 2.20. The van der Waals surface area contributed by atoms with Gasteiger partial charge < -0.3 is 15.4 Å². The minimum Gasteiger partial charge on any atom is -0.444 e. The molecule has 1 aliphatic heterocycles. The largest absolute Gasteiger partial charge is 0.444 e. The quantitative estimate of drug-likeness (QED) is 0.762. The maximum Gasteiger partial charge on any atom is 0.410 e. The van der Waals surface area contributed by atoms with Gasteiger partial charge in [0.15, 0.2) is 0 Å². The van der Waals surface area contributed by atoms with E-state index in [4.69, 9.17) is 10.5 Å². The number of hydrogen-bond acceptors (Lipinski definition) is 3. The Kier molecular flexibility index (Phi) is 4.76. The predicted molar refractivity (Wildman–Crippen MR) is 68.9 cm³/mol. The van der Waals surface area contributed by atoms with E-state index in [0.29, 0.717) is 19.0 Å². The van der Waals surface area contributed by atoms with E-state index in [1.165, 1.54) is 6.08 Å². The molecule has 1 heterocycles. The van der Waals surface area contributed by atoms with E-state index in [-0.39, 0.29) is 6.09 Å². The molecule has 0 radical (unpaired) electrons. The first-order chi connectivity index (χ1) is 8.28. The maximum absolute atomic E-state index is 11.8. The molecule has 0 atom stereocenters. The van der Waals surface area contributed by atoms with Crippen LogP contribution in [-0.4, -0.2) is 35.6 Å². The van der Waals surface area contributed by atoms with Crippen LogP contribution >= 0.6 is 0 Å². The highest BCUT2D eigenvalue weighted by Gasteiger charge is 2.25. The summed E-state index contributed by atoms with van der Waals surface area (Å²) in [6, 6.07) is 0. The van der Waals surface area contributed by atoms with Crippen molar-refractivity contribution < 1.29 is 14.3 Å². The molecule has 2 N–H and O–H groups in total. The fourth-order valence-electron chi connectivity index (χ4n) is 1.83. The molecule has 0 aromatic heterocycles. The second-order valence-corrected chi connectivity index (χ2v) is 5.57. The van der Waals surface area contributed by atoms with Crippen LogP contribution in [0.25, 0.3) is 0 Å². The van der Waals surface area contributed by atoms with Crippen LogP contribution in [0.3, 0.4) is 0 Å². The zero-order valence-electron chi connectivity index (χ0n) is 11.3. The molecular weight excluding hydrogens is 232 g/mol. The Hall–Kier alpha value is -1.52. The Bertz CT molecular complexity index is 337. The first-order valence-corrected chi connectivity index (χ1v) is 6.23. The second-order valence-electron chi connectivity index (χ2n) is 5.57. The molecule has 1 saturated heterocycles. The van der Waals surface area contributed by atoms with Gasteiger partial charge in [-0.3, -0.25) is 4.79 Å². The lowest BCUT2D eigenvalue weighted by molar-refractivity contribution is -0.113. The van der Waals surface area contributed by atoms with E-state index in [2.05, 4.69) is 0 Å². The number of carbonyl (C=O) groups excluding carboxylic acids is 2. The van der Waals surface area contributed by atoms with Crippen LogP contribution in [0.5, 0.6) is 0 Å². The molecule has 0 aromatic rings.